The van der Waals surface area contributed by atoms with E-state index in [1.165, 1.54) is 0 Å². The number of hydrogen-bond donors (Lipinski definition) is 2. The lowest BCUT2D eigenvalue weighted by Gasteiger charge is -2.24. The molecule has 2 N–H and O–H groups in total. The van der Waals surface area contributed by atoms with Crippen molar-refractivity contribution >= 4 is 38.9 Å². The molecular weight excluding hydrogens is 359 g/mol. The maximum absolute atomic E-state index is 12.2. The molecular formula is C15H21Cl2N2O3S+. The zero-order valence-electron chi connectivity index (χ0n) is 13.2. The van der Waals surface area contributed by atoms with E-state index >= 15 is 0 Å². The Morgan fingerprint density at radius 1 is 1.39 bits per heavy atom. The van der Waals surface area contributed by atoms with Crippen LogP contribution in [0.1, 0.15) is 18.9 Å². The molecule has 1 saturated heterocycles. The molecule has 2 rings (SSSR count). The maximum Gasteiger partial charge on any atom is 0.275 e. The van der Waals surface area contributed by atoms with Crippen molar-refractivity contribution in [3.63, 3.8) is 0 Å². The first-order chi connectivity index (χ1) is 10.6. The van der Waals surface area contributed by atoms with Crippen molar-refractivity contribution in [1.82, 2.24) is 5.32 Å². The largest absolute Gasteiger partial charge is 0.345 e. The van der Waals surface area contributed by atoms with E-state index in [-0.39, 0.29) is 24.0 Å². The van der Waals surface area contributed by atoms with E-state index in [0.717, 1.165) is 10.5 Å². The van der Waals surface area contributed by atoms with Crippen molar-refractivity contribution in [2.75, 3.05) is 25.1 Å². The van der Waals surface area contributed by atoms with Gasteiger partial charge < -0.3 is 10.2 Å². The normalized spacial score (nSPS) is 24.3. The molecule has 8 heteroatoms. The molecule has 0 aliphatic carbocycles. The summed E-state index contributed by atoms with van der Waals surface area (Å²) in [5.41, 5.74) is 0.254. The van der Waals surface area contributed by atoms with E-state index in [1.807, 2.05) is 13.1 Å². The summed E-state index contributed by atoms with van der Waals surface area (Å²) < 4.78 is 23.1. The molecule has 0 saturated carbocycles. The molecule has 1 aromatic carbocycles. The maximum atomic E-state index is 12.2. The van der Waals surface area contributed by atoms with Crippen LogP contribution in [0.15, 0.2) is 18.2 Å². The Morgan fingerprint density at radius 2 is 2.09 bits per heavy atom. The monoisotopic (exact) mass is 379 g/mol. The van der Waals surface area contributed by atoms with Crippen LogP contribution in [0.4, 0.5) is 0 Å². The minimum Gasteiger partial charge on any atom is -0.345 e. The minimum absolute atomic E-state index is 0.00774. The third-order valence-corrected chi connectivity index (χ3v) is 6.40. The number of rotatable bonds is 5. The Labute approximate surface area is 146 Å². The number of likely N-dealkylation sites (N-methyl/N-ethyl adjacent to an activating group) is 1. The smallest absolute Gasteiger partial charge is 0.275 e. The lowest BCUT2D eigenvalue weighted by molar-refractivity contribution is -0.885. The van der Waals surface area contributed by atoms with Crippen LogP contribution < -0.4 is 10.2 Å². The number of amides is 1. The van der Waals surface area contributed by atoms with Gasteiger partial charge in [0.1, 0.15) is 6.54 Å². The first-order valence-electron chi connectivity index (χ1n) is 7.35. The van der Waals surface area contributed by atoms with Gasteiger partial charge in [-0.1, -0.05) is 29.3 Å². The second-order valence-electron chi connectivity index (χ2n) is 6.50. The van der Waals surface area contributed by atoms with Crippen LogP contribution in [-0.4, -0.2) is 45.0 Å². The van der Waals surface area contributed by atoms with E-state index in [2.05, 4.69) is 5.32 Å². The van der Waals surface area contributed by atoms with Gasteiger partial charge in [-0.25, -0.2) is 8.42 Å². The van der Waals surface area contributed by atoms with Gasteiger partial charge in [-0.05, 0) is 25.5 Å². The van der Waals surface area contributed by atoms with Crippen LogP contribution in [0.3, 0.4) is 0 Å². The molecule has 0 radical (unpaired) electrons. The first kappa shape index (κ1) is 18.5. The van der Waals surface area contributed by atoms with Gasteiger partial charge in [0.15, 0.2) is 16.4 Å². The summed E-state index contributed by atoms with van der Waals surface area (Å²) in [4.78, 5) is 13.1. The van der Waals surface area contributed by atoms with Crippen molar-refractivity contribution in [2.24, 2.45) is 0 Å². The summed E-state index contributed by atoms with van der Waals surface area (Å²) in [7, 11) is -1.15. The summed E-state index contributed by atoms with van der Waals surface area (Å²) >= 11 is 12.0. The highest BCUT2D eigenvalue weighted by atomic mass is 35.5. The van der Waals surface area contributed by atoms with Gasteiger partial charge in [0.25, 0.3) is 5.91 Å². The Bertz CT molecular complexity index is 709. The van der Waals surface area contributed by atoms with E-state index < -0.39 is 15.4 Å². The van der Waals surface area contributed by atoms with Gasteiger partial charge in [-0.2, -0.15) is 0 Å². The zero-order chi connectivity index (χ0) is 17.3. The minimum atomic E-state index is -3.04. The Balaban J connectivity index is 1.90. The predicted octanol–water partition coefficient (Wildman–Crippen LogP) is 0.702. The molecule has 128 valence electrons. The fourth-order valence-corrected chi connectivity index (χ4v) is 5.39. The van der Waals surface area contributed by atoms with Gasteiger partial charge in [0, 0.05) is 10.6 Å². The van der Waals surface area contributed by atoms with E-state index in [4.69, 9.17) is 23.2 Å². The van der Waals surface area contributed by atoms with Crippen LogP contribution in [0.5, 0.6) is 0 Å². The van der Waals surface area contributed by atoms with Crippen molar-refractivity contribution in [3.8, 4) is 0 Å². The quantitative estimate of drug-likeness (QED) is 0.791. The number of carbonyl (C=O) groups excluding carboxylic acids is 1. The summed E-state index contributed by atoms with van der Waals surface area (Å²) in [6, 6.07) is 5.29. The van der Waals surface area contributed by atoms with Crippen molar-refractivity contribution < 1.29 is 18.1 Å². The first-order valence-corrected chi connectivity index (χ1v) is 9.93. The molecule has 1 aliphatic heterocycles. The summed E-state index contributed by atoms with van der Waals surface area (Å²) in [5.74, 6) is -0.0205. The molecule has 1 fully saturated rings. The molecule has 1 aliphatic rings. The van der Waals surface area contributed by atoms with E-state index in [1.54, 1.807) is 19.1 Å². The highest BCUT2D eigenvalue weighted by molar-refractivity contribution is 7.91. The number of nitrogens with one attached hydrogen (secondary N) is 2. The van der Waals surface area contributed by atoms with Gasteiger partial charge >= 0.3 is 0 Å². The molecule has 2 atom stereocenters. The van der Waals surface area contributed by atoms with E-state index in [9.17, 15) is 13.2 Å². The van der Waals surface area contributed by atoms with Crippen LogP contribution in [0, 0.1) is 0 Å². The molecule has 5 nitrogen and oxygen atoms in total. The molecule has 1 aromatic rings. The topological polar surface area (TPSA) is 67.7 Å². The standard InChI is InChI=1S/C15H20Cl2N2O3S/c1-15(5-6-23(21,22)10-15)18-14(20)9-19(2)8-11-3-4-12(16)7-13(11)17/h3-4,7H,5-6,8-10H2,1-2H3,(H,18,20)/p+1/t15-/m0/s1. The molecule has 0 aromatic heterocycles. The Hall–Kier alpha value is -0.820. The van der Waals surface area contributed by atoms with Crippen molar-refractivity contribution in [2.45, 2.75) is 25.4 Å². The average Bonchev–Trinajstić information content (AvgIpc) is 2.66. The number of halogens is 2. The zero-order valence-corrected chi connectivity index (χ0v) is 15.5. The van der Waals surface area contributed by atoms with Gasteiger partial charge in [-0.3, -0.25) is 4.79 Å². The second-order valence-corrected chi connectivity index (χ2v) is 9.52. The lowest BCUT2D eigenvalue weighted by Crippen LogP contribution is -3.09. The lowest BCUT2D eigenvalue weighted by atomic mass is 10.0. The van der Waals surface area contributed by atoms with Crippen LogP contribution >= 0.6 is 23.2 Å². The van der Waals surface area contributed by atoms with E-state index in [0.29, 0.717) is 23.0 Å². The highest BCUT2D eigenvalue weighted by Crippen LogP contribution is 2.22. The molecule has 1 unspecified atom stereocenters. The Kier molecular flexibility index (Phi) is 5.61. The SMILES string of the molecule is C[NH+](CC(=O)N[C@@]1(C)CCS(=O)(=O)C1)Cc1ccc(Cl)cc1Cl. The average molecular weight is 380 g/mol. The van der Waals surface area contributed by atoms with Gasteiger partial charge in [-0.15, -0.1) is 0 Å². The van der Waals surface area contributed by atoms with Crippen LogP contribution in [0.25, 0.3) is 0 Å². The Morgan fingerprint density at radius 3 is 2.65 bits per heavy atom. The van der Waals surface area contributed by atoms with Crippen LogP contribution in [0.2, 0.25) is 10.0 Å². The summed E-state index contributed by atoms with van der Waals surface area (Å²) in [6.07, 6.45) is 0.461. The second kappa shape index (κ2) is 6.97. The van der Waals surface area contributed by atoms with Gasteiger partial charge in [0.2, 0.25) is 0 Å². The number of quaternary nitrogens is 1. The van der Waals surface area contributed by atoms with Gasteiger partial charge in [0.05, 0.1) is 29.1 Å². The highest BCUT2D eigenvalue weighted by Gasteiger charge is 2.39. The fourth-order valence-electron chi connectivity index (χ4n) is 2.82. The third-order valence-electron chi connectivity index (χ3n) is 3.91. The van der Waals surface area contributed by atoms with Crippen molar-refractivity contribution in [1.29, 1.82) is 0 Å². The summed E-state index contributed by atoms with van der Waals surface area (Å²) in [6.45, 7) is 2.61. The molecule has 23 heavy (non-hydrogen) atoms. The van der Waals surface area contributed by atoms with Crippen LogP contribution in [-0.2, 0) is 21.2 Å². The molecule has 1 amide bonds. The fraction of sp³-hybridized carbons (Fsp3) is 0.533. The number of sulfone groups is 1. The molecule has 0 spiro atoms. The number of hydrogen-bond acceptors (Lipinski definition) is 3. The van der Waals surface area contributed by atoms with Crippen molar-refractivity contribution in [3.05, 3.63) is 33.8 Å². The number of carbonyl (C=O) groups is 1. The predicted molar refractivity (Wildman–Crippen MR) is 91.7 cm³/mol. The molecule has 1 heterocycles. The third kappa shape index (κ3) is 5.35. The number of benzene rings is 1. The summed E-state index contributed by atoms with van der Waals surface area (Å²) in [5, 5.41) is 4.01. The molecule has 0 bridgehead atoms.